The Balaban J connectivity index is 0.000000204. The quantitative estimate of drug-likeness (QED) is 0.318. The number of anilines is 1. The zero-order chi connectivity index (χ0) is 29.4. The fourth-order valence-corrected chi connectivity index (χ4v) is 3.76. The Hall–Kier alpha value is -4.30. The third-order valence-electron chi connectivity index (χ3n) is 5.84. The smallest absolute Gasteiger partial charge is 0.397 e. The van der Waals surface area contributed by atoms with E-state index in [0.29, 0.717) is 0 Å². The van der Waals surface area contributed by atoms with E-state index in [0.717, 1.165) is 24.7 Å². The van der Waals surface area contributed by atoms with Crippen LogP contribution in [0.3, 0.4) is 0 Å². The fourth-order valence-electron chi connectivity index (χ4n) is 3.76. The van der Waals surface area contributed by atoms with Gasteiger partial charge in [-0.05, 0) is 12.1 Å². The molecule has 4 aromatic rings. The van der Waals surface area contributed by atoms with Crippen LogP contribution in [-0.2, 0) is 13.2 Å². The van der Waals surface area contributed by atoms with Gasteiger partial charge in [0.2, 0.25) is 0 Å². The second-order valence-electron chi connectivity index (χ2n) is 8.80. The second kappa shape index (κ2) is 13.2. The number of aryl methyl sites for hydroxylation is 1. The van der Waals surface area contributed by atoms with Crippen molar-refractivity contribution in [3.05, 3.63) is 74.7 Å². The van der Waals surface area contributed by atoms with Crippen LogP contribution in [0.1, 0.15) is 56.1 Å². The maximum absolute atomic E-state index is 14.2. The van der Waals surface area contributed by atoms with Crippen molar-refractivity contribution in [2.45, 2.75) is 51.1 Å². The number of nitrogen functional groups attached to an aromatic ring is 1. The Morgan fingerprint density at radius 1 is 0.950 bits per heavy atom. The van der Waals surface area contributed by atoms with E-state index in [1.807, 2.05) is 0 Å². The van der Waals surface area contributed by atoms with Crippen LogP contribution in [0.2, 0.25) is 0 Å². The van der Waals surface area contributed by atoms with Crippen LogP contribution in [0.15, 0.2) is 46.6 Å². The summed E-state index contributed by atoms with van der Waals surface area (Å²) < 4.78 is 76.3. The molecule has 3 N–H and O–H groups in total. The number of nitrogens with two attached hydrogens (primary N) is 1. The van der Waals surface area contributed by atoms with E-state index in [4.69, 9.17) is 5.73 Å². The summed E-state index contributed by atoms with van der Waals surface area (Å²) in [4.78, 5) is 34.0. The molecule has 0 bridgehead atoms. The number of nitrogens with zero attached hydrogens (tertiary/aromatic N) is 5. The molecule has 0 saturated heterocycles. The van der Waals surface area contributed by atoms with Crippen LogP contribution in [0.4, 0.5) is 32.0 Å². The summed E-state index contributed by atoms with van der Waals surface area (Å²) in [6.07, 6.45) is 5.50. The van der Waals surface area contributed by atoms with Gasteiger partial charge in [-0.1, -0.05) is 38.5 Å². The Morgan fingerprint density at radius 2 is 1.52 bits per heavy atom. The number of hydrogen-bond donors (Lipinski definition) is 2. The van der Waals surface area contributed by atoms with Gasteiger partial charge < -0.3 is 10.3 Å². The van der Waals surface area contributed by atoms with Gasteiger partial charge in [0.05, 0.1) is 40.2 Å². The first-order valence-corrected chi connectivity index (χ1v) is 12.1. The van der Waals surface area contributed by atoms with Gasteiger partial charge in [-0.3, -0.25) is 9.59 Å². The van der Waals surface area contributed by atoms with E-state index in [1.165, 1.54) is 62.5 Å². The van der Waals surface area contributed by atoms with Gasteiger partial charge in [0.25, 0.3) is 17.5 Å². The van der Waals surface area contributed by atoms with Gasteiger partial charge in [0, 0.05) is 19.4 Å². The number of alkyl halides is 5. The van der Waals surface area contributed by atoms with Crippen LogP contribution < -0.4 is 16.9 Å². The molecule has 3 aromatic heterocycles. The molecule has 1 aliphatic rings. The first kappa shape index (κ1) is 30.2. The standard InChI is InChI=1S/C14H9F3N4O.C6H12.C5H4F3N3O/c1-21-6-20-11-3-8(10(15)2-9(11)14(21)22)13-18-4-7(5-19-13)12(16)17;1-2-4-6-5-3-1;6-5(7,8)3-2(9)1-10-11-4(3)12/h2-6,12H,1H3;1-6H2;1H,(H3,9,11,12). The van der Waals surface area contributed by atoms with E-state index in [-0.39, 0.29) is 33.4 Å². The summed E-state index contributed by atoms with van der Waals surface area (Å²) in [7, 11) is 1.51. The minimum Gasteiger partial charge on any atom is -0.397 e. The monoisotopic (exact) mass is 569 g/mol. The first-order chi connectivity index (χ1) is 18.9. The molecule has 214 valence electrons. The molecule has 0 radical (unpaired) electrons. The molecule has 0 aliphatic heterocycles. The highest BCUT2D eigenvalue weighted by Crippen LogP contribution is 2.29. The number of halogens is 6. The van der Waals surface area contributed by atoms with Crippen molar-refractivity contribution in [1.29, 1.82) is 0 Å². The molecule has 15 heteroatoms. The number of benzene rings is 1. The Labute approximate surface area is 223 Å². The average Bonchev–Trinajstić information content (AvgIpc) is 2.92. The summed E-state index contributed by atoms with van der Waals surface area (Å²) in [6, 6.07) is 2.37. The van der Waals surface area contributed by atoms with Crippen LogP contribution in [-0.4, -0.2) is 29.7 Å². The number of H-pyrrole nitrogens is 1. The van der Waals surface area contributed by atoms with Crippen molar-refractivity contribution in [2.24, 2.45) is 7.05 Å². The Morgan fingerprint density at radius 3 is 2.00 bits per heavy atom. The number of hydrogen-bond acceptors (Lipinski definition) is 7. The molecule has 40 heavy (non-hydrogen) atoms. The number of aromatic amines is 1. The van der Waals surface area contributed by atoms with Crippen LogP contribution in [0, 0.1) is 5.82 Å². The normalized spacial score (nSPS) is 13.3. The summed E-state index contributed by atoms with van der Waals surface area (Å²) >= 11 is 0. The van der Waals surface area contributed by atoms with Crippen molar-refractivity contribution in [1.82, 2.24) is 29.7 Å². The molecular weight excluding hydrogens is 544 g/mol. The van der Waals surface area contributed by atoms with E-state index < -0.39 is 35.2 Å². The van der Waals surface area contributed by atoms with E-state index in [2.05, 4.69) is 20.1 Å². The van der Waals surface area contributed by atoms with Crippen LogP contribution in [0.25, 0.3) is 22.3 Å². The van der Waals surface area contributed by atoms with Gasteiger partial charge >= 0.3 is 6.18 Å². The average molecular weight is 570 g/mol. The Kier molecular flexibility index (Phi) is 9.96. The van der Waals surface area contributed by atoms with Gasteiger partial charge in [0.1, 0.15) is 11.4 Å². The van der Waals surface area contributed by atoms with Gasteiger partial charge in [-0.2, -0.15) is 18.3 Å². The molecule has 0 atom stereocenters. The van der Waals surface area contributed by atoms with Gasteiger partial charge in [0.15, 0.2) is 5.82 Å². The predicted molar refractivity (Wildman–Crippen MR) is 135 cm³/mol. The van der Waals surface area contributed by atoms with E-state index >= 15 is 0 Å². The van der Waals surface area contributed by atoms with E-state index in [9.17, 15) is 35.9 Å². The third-order valence-corrected chi connectivity index (χ3v) is 5.84. The highest BCUT2D eigenvalue weighted by atomic mass is 19.4. The highest BCUT2D eigenvalue weighted by Gasteiger charge is 2.36. The molecule has 1 aliphatic carbocycles. The summed E-state index contributed by atoms with van der Waals surface area (Å²) in [5, 5.41) is 4.86. The number of nitrogens with one attached hydrogen (secondary N) is 1. The fraction of sp³-hybridized carbons (Fsp3) is 0.360. The van der Waals surface area contributed by atoms with Gasteiger partial charge in [-0.15, -0.1) is 0 Å². The summed E-state index contributed by atoms with van der Waals surface area (Å²) in [6.45, 7) is 0. The minimum atomic E-state index is -4.74. The molecule has 0 amide bonds. The molecule has 1 fully saturated rings. The third kappa shape index (κ3) is 7.64. The van der Waals surface area contributed by atoms with Crippen molar-refractivity contribution in [3.8, 4) is 11.4 Å². The molecule has 1 saturated carbocycles. The molecular formula is C25H25F6N7O2. The predicted octanol–water partition coefficient (Wildman–Crippen LogP) is 5.18. The van der Waals surface area contributed by atoms with Crippen molar-refractivity contribution >= 4 is 16.6 Å². The lowest BCUT2D eigenvalue weighted by atomic mass is 10.0. The highest BCUT2D eigenvalue weighted by molar-refractivity contribution is 5.82. The van der Waals surface area contributed by atoms with Crippen molar-refractivity contribution in [3.63, 3.8) is 0 Å². The lowest BCUT2D eigenvalue weighted by Crippen LogP contribution is -2.24. The number of aromatic nitrogens is 6. The molecule has 0 spiro atoms. The second-order valence-corrected chi connectivity index (χ2v) is 8.80. The maximum Gasteiger partial charge on any atom is 0.423 e. The number of rotatable bonds is 2. The lowest BCUT2D eigenvalue weighted by Gasteiger charge is -2.06. The van der Waals surface area contributed by atoms with Crippen LogP contribution in [0.5, 0.6) is 0 Å². The zero-order valence-electron chi connectivity index (χ0n) is 21.2. The number of fused-ring (bicyclic) bond motifs is 1. The molecule has 9 nitrogen and oxygen atoms in total. The maximum atomic E-state index is 14.2. The SMILES string of the molecule is C1CCCCC1.Cn1cnc2cc(-c3ncc(C(F)F)cn3)c(F)cc2c1=O.Nc1cn[nH]c(=O)c1C(F)(F)F. The molecule has 5 rings (SSSR count). The largest absolute Gasteiger partial charge is 0.423 e. The lowest BCUT2D eigenvalue weighted by molar-refractivity contribution is -0.138. The van der Waals surface area contributed by atoms with Crippen molar-refractivity contribution < 1.29 is 26.3 Å². The summed E-state index contributed by atoms with van der Waals surface area (Å²) in [5.74, 6) is -0.770. The van der Waals surface area contributed by atoms with Gasteiger partial charge in [-0.25, -0.2) is 33.2 Å². The van der Waals surface area contributed by atoms with E-state index in [1.54, 1.807) is 5.10 Å². The topological polar surface area (TPSA) is 132 Å². The molecule has 1 aromatic carbocycles. The minimum absolute atomic E-state index is 0.00549. The van der Waals surface area contributed by atoms with Crippen molar-refractivity contribution in [2.75, 3.05) is 5.73 Å². The van der Waals surface area contributed by atoms with Crippen LogP contribution >= 0.6 is 0 Å². The molecule has 0 unspecified atom stereocenters. The summed E-state index contributed by atoms with van der Waals surface area (Å²) in [5.41, 5.74) is 1.03. The first-order valence-electron chi connectivity index (χ1n) is 12.1. The zero-order valence-corrected chi connectivity index (χ0v) is 21.2. The Bertz CT molecular complexity index is 1540. The molecule has 3 heterocycles.